The van der Waals surface area contributed by atoms with Crippen molar-refractivity contribution in [3.05, 3.63) is 76.8 Å². The standard InChI is InChI=1S/C27H29ClN4O4/c1-31-13-4-14-32(16-15-31)20-10-7-18(8-11-20)26(34)30-25-22(5-3-6-23(25)33)29-27(35)19-9-12-24(36-2)21(28)17-19/h3,5-12,17,33H,4,13-16H2,1-2H3,(H,29,35)(H,30,34). The quantitative estimate of drug-likeness (QED) is 0.418. The molecular formula is C27H29ClN4O4. The lowest BCUT2D eigenvalue weighted by molar-refractivity contribution is 0.101. The molecule has 8 nitrogen and oxygen atoms in total. The number of nitrogens with zero attached hydrogens (tertiary/aromatic N) is 2. The molecule has 9 heteroatoms. The number of amides is 2. The van der Waals surface area contributed by atoms with Crippen LogP contribution in [-0.2, 0) is 0 Å². The molecular weight excluding hydrogens is 480 g/mol. The minimum atomic E-state index is -0.451. The van der Waals surface area contributed by atoms with E-state index in [-0.39, 0.29) is 17.1 Å². The first-order valence-electron chi connectivity index (χ1n) is 11.7. The maximum absolute atomic E-state index is 13.0. The van der Waals surface area contributed by atoms with Crippen molar-refractivity contribution >= 4 is 40.5 Å². The Hall–Kier alpha value is -3.75. The number of rotatable bonds is 6. The molecule has 188 valence electrons. The Morgan fingerprint density at radius 3 is 2.36 bits per heavy atom. The van der Waals surface area contributed by atoms with Gasteiger partial charge in [-0.3, -0.25) is 9.59 Å². The fourth-order valence-corrected chi connectivity index (χ4v) is 4.35. The van der Waals surface area contributed by atoms with E-state index >= 15 is 0 Å². The third-order valence-electron chi connectivity index (χ3n) is 6.16. The topological polar surface area (TPSA) is 94.1 Å². The minimum absolute atomic E-state index is 0.107. The van der Waals surface area contributed by atoms with Crippen LogP contribution >= 0.6 is 11.6 Å². The molecule has 0 bridgehead atoms. The summed E-state index contributed by atoms with van der Waals surface area (Å²) >= 11 is 6.14. The van der Waals surface area contributed by atoms with Crippen LogP contribution in [0.25, 0.3) is 0 Å². The summed E-state index contributed by atoms with van der Waals surface area (Å²) in [5.41, 5.74) is 2.17. The van der Waals surface area contributed by atoms with Crippen LogP contribution in [-0.4, -0.2) is 62.2 Å². The molecule has 0 aliphatic carbocycles. The first kappa shape index (κ1) is 25.3. The van der Waals surface area contributed by atoms with Crippen molar-refractivity contribution in [3.63, 3.8) is 0 Å². The molecule has 3 aromatic rings. The van der Waals surface area contributed by atoms with Crippen LogP contribution in [0.15, 0.2) is 60.7 Å². The van der Waals surface area contributed by atoms with Crippen molar-refractivity contribution in [2.24, 2.45) is 0 Å². The van der Waals surface area contributed by atoms with E-state index < -0.39 is 11.8 Å². The lowest BCUT2D eigenvalue weighted by Gasteiger charge is -2.23. The highest BCUT2D eigenvalue weighted by Gasteiger charge is 2.18. The van der Waals surface area contributed by atoms with E-state index in [1.807, 2.05) is 12.1 Å². The molecule has 0 aromatic heterocycles. The van der Waals surface area contributed by atoms with Crippen molar-refractivity contribution in [1.29, 1.82) is 0 Å². The molecule has 0 radical (unpaired) electrons. The molecule has 0 unspecified atom stereocenters. The zero-order valence-electron chi connectivity index (χ0n) is 20.3. The number of halogens is 1. The van der Waals surface area contributed by atoms with Crippen molar-refractivity contribution in [2.75, 3.05) is 55.9 Å². The molecule has 1 heterocycles. The van der Waals surface area contributed by atoms with Gasteiger partial charge < -0.3 is 30.3 Å². The summed E-state index contributed by atoms with van der Waals surface area (Å²) in [6.07, 6.45) is 1.09. The Bertz CT molecular complexity index is 1250. The molecule has 2 amide bonds. The lowest BCUT2D eigenvalue weighted by Crippen LogP contribution is -2.28. The summed E-state index contributed by atoms with van der Waals surface area (Å²) in [4.78, 5) is 30.4. The minimum Gasteiger partial charge on any atom is -0.506 e. The first-order valence-corrected chi connectivity index (χ1v) is 12.1. The molecule has 4 rings (SSSR count). The molecule has 3 N–H and O–H groups in total. The zero-order chi connectivity index (χ0) is 25.7. The molecule has 1 saturated heterocycles. The fourth-order valence-electron chi connectivity index (χ4n) is 4.09. The number of likely N-dealkylation sites (N-methyl/N-ethyl adjacent to an activating group) is 1. The number of hydrogen-bond donors (Lipinski definition) is 3. The summed E-state index contributed by atoms with van der Waals surface area (Å²) in [5.74, 6) is -0.568. The number of benzene rings is 3. The van der Waals surface area contributed by atoms with Gasteiger partial charge in [0.15, 0.2) is 0 Å². The Kier molecular flexibility index (Phi) is 7.97. The summed E-state index contributed by atoms with van der Waals surface area (Å²) in [7, 11) is 3.61. The zero-order valence-corrected chi connectivity index (χ0v) is 21.0. The molecule has 0 spiro atoms. The van der Waals surface area contributed by atoms with E-state index in [4.69, 9.17) is 16.3 Å². The van der Waals surface area contributed by atoms with Crippen LogP contribution in [0.4, 0.5) is 17.1 Å². The molecule has 0 saturated carbocycles. The fraction of sp³-hybridized carbons (Fsp3) is 0.259. The van der Waals surface area contributed by atoms with E-state index in [9.17, 15) is 14.7 Å². The van der Waals surface area contributed by atoms with E-state index in [0.717, 1.165) is 38.3 Å². The second kappa shape index (κ2) is 11.3. The Labute approximate surface area is 215 Å². The summed E-state index contributed by atoms with van der Waals surface area (Å²) in [6.45, 7) is 3.97. The number of ether oxygens (including phenoxy) is 1. The molecule has 36 heavy (non-hydrogen) atoms. The number of phenols is 1. The SMILES string of the molecule is COc1ccc(C(=O)Nc2cccc(O)c2NC(=O)c2ccc(N3CCCN(C)CC3)cc2)cc1Cl. The van der Waals surface area contributed by atoms with Crippen molar-refractivity contribution in [1.82, 2.24) is 4.90 Å². The van der Waals surface area contributed by atoms with Gasteiger partial charge in [-0.05, 0) is 74.6 Å². The number of carbonyl (C=O) groups is 2. The van der Waals surface area contributed by atoms with Crippen LogP contribution in [0.3, 0.4) is 0 Å². The number of aromatic hydroxyl groups is 1. The number of carbonyl (C=O) groups excluding carboxylic acids is 2. The first-order chi connectivity index (χ1) is 17.4. The third kappa shape index (κ3) is 5.90. The highest BCUT2D eigenvalue weighted by atomic mass is 35.5. The van der Waals surface area contributed by atoms with Crippen molar-refractivity contribution < 1.29 is 19.4 Å². The maximum Gasteiger partial charge on any atom is 0.255 e. The van der Waals surface area contributed by atoms with Gasteiger partial charge in [0.25, 0.3) is 11.8 Å². The summed E-state index contributed by atoms with van der Waals surface area (Å²) < 4.78 is 5.12. The lowest BCUT2D eigenvalue weighted by atomic mass is 10.1. The van der Waals surface area contributed by atoms with Gasteiger partial charge in [0, 0.05) is 36.4 Å². The number of phenolic OH excluding ortho intramolecular Hbond substituents is 1. The van der Waals surface area contributed by atoms with Gasteiger partial charge in [0.05, 0.1) is 17.8 Å². The summed E-state index contributed by atoms with van der Waals surface area (Å²) in [6, 6.07) is 16.7. The van der Waals surface area contributed by atoms with E-state index in [1.54, 1.807) is 36.4 Å². The van der Waals surface area contributed by atoms with Gasteiger partial charge in [-0.2, -0.15) is 0 Å². The van der Waals surface area contributed by atoms with Crippen LogP contribution in [0.5, 0.6) is 11.5 Å². The van der Waals surface area contributed by atoms with Crippen molar-refractivity contribution in [2.45, 2.75) is 6.42 Å². The van der Waals surface area contributed by atoms with Crippen molar-refractivity contribution in [3.8, 4) is 11.5 Å². The number of para-hydroxylation sites is 1. The largest absolute Gasteiger partial charge is 0.506 e. The van der Waals surface area contributed by atoms with Crippen LogP contribution in [0.2, 0.25) is 5.02 Å². The highest BCUT2D eigenvalue weighted by molar-refractivity contribution is 6.32. The van der Waals surface area contributed by atoms with E-state index in [0.29, 0.717) is 21.9 Å². The van der Waals surface area contributed by atoms with Gasteiger partial charge in [-0.15, -0.1) is 0 Å². The highest BCUT2D eigenvalue weighted by Crippen LogP contribution is 2.33. The average Bonchev–Trinajstić information content (AvgIpc) is 3.10. The Balaban J connectivity index is 1.48. The van der Waals surface area contributed by atoms with Gasteiger partial charge in [0.2, 0.25) is 0 Å². The van der Waals surface area contributed by atoms with E-state index in [1.165, 1.54) is 19.2 Å². The predicted octanol–water partition coefficient (Wildman–Crippen LogP) is 4.70. The van der Waals surface area contributed by atoms with Gasteiger partial charge >= 0.3 is 0 Å². The number of nitrogens with one attached hydrogen (secondary N) is 2. The maximum atomic E-state index is 13.0. The monoisotopic (exact) mass is 508 g/mol. The van der Waals surface area contributed by atoms with Gasteiger partial charge in [-0.1, -0.05) is 17.7 Å². The number of methoxy groups -OCH3 is 1. The van der Waals surface area contributed by atoms with E-state index in [2.05, 4.69) is 27.5 Å². The van der Waals surface area contributed by atoms with Crippen LogP contribution in [0.1, 0.15) is 27.1 Å². The van der Waals surface area contributed by atoms with Crippen LogP contribution in [0, 0.1) is 0 Å². The van der Waals surface area contributed by atoms with Gasteiger partial charge in [-0.25, -0.2) is 0 Å². The third-order valence-corrected chi connectivity index (χ3v) is 6.45. The molecule has 1 fully saturated rings. The Morgan fingerprint density at radius 2 is 1.64 bits per heavy atom. The predicted molar refractivity (Wildman–Crippen MR) is 143 cm³/mol. The second-order valence-corrected chi connectivity index (χ2v) is 9.06. The smallest absolute Gasteiger partial charge is 0.255 e. The average molecular weight is 509 g/mol. The molecule has 1 aliphatic heterocycles. The molecule has 0 atom stereocenters. The number of hydrogen-bond acceptors (Lipinski definition) is 6. The molecule has 3 aromatic carbocycles. The summed E-state index contributed by atoms with van der Waals surface area (Å²) in [5, 5.41) is 16.2. The molecule has 1 aliphatic rings. The second-order valence-electron chi connectivity index (χ2n) is 8.65. The van der Waals surface area contributed by atoms with Gasteiger partial charge in [0.1, 0.15) is 17.2 Å². The normalized spacial score (nSPS) is 14.1. The van der Waals surface area contributed by atoms with Crippen LogP contribution < -0.4 is 20.3 Å². The number of anilines is 3. The Morgan fingerprint density at radius 1 is 0.917 bits per heavy atom.